The van der Waals surface area contributed by atoms with Crippen LogP contribution in [0.3, 0.4) is 0 Å². The van der Waals surface area contributed by atoms with Gasteiger partial charge in [-0.1, -0.05) is 41.5 Å². The predicted octanol–water partition coefficient (Wildman–Crippen LogP) is -3.86. The smallest absolute Gasteiger partial charge is 0.326 e. The molecule has 0 saturated carbocycles. The van der Waals surface area contributed by atoms with Crippen LogP contribution in [0.5, 0.6) is 0 Å². The molecule has 0 aromatic heterocycles. The third-order valence-corrected chi connectivity index (χ3v) is 8.69. The summed E-state index contributed by atoms with van der Waals surface area (Å²) in [7, 11) is 0. The van der Waals surface area contributed by atoms with E-state index in [0.29, 0.717) is 0 Å². The molecule has 0 heterocycles. The number of aliphatic imine (C=N–C) groups is 1. The van der Waals surface area contributed by atoms with Crippen LogP contribution >= 0.6 is 0 Å². The van der Waals surface area contributed by atoms with Gasteiger partial charge in [0.15, 0.2) is 5.96 Å². The summed E-state index contributed by atoms with van der Waals surface area (Å²) in [5.41, 5.74) is 21.9. The third kappa shape index (κ3) is 20.4. The van der Waals surface area contributed by atoms with Gasteiger partial charge in [0.25, 0.3) is 0 Å². The number of nitrogens with one attached hydrogen (secondary N) is 6. The molecule has 0 bridgehead atoms. The average Bonchev–Trinajstić information content (AvgIpc) is 3.09. The second-order valence-corrected chi connectivity index (χ2v) is 15.5. The molecule has 22 heteroatoms. The molecule has 332 valence electrons. The molecule has 17 N–H and O–H groups in total. The normalized spacial score (nSPS) is 16.0. The molecule has 9 atom stereocenters. The summed E-state index contributed by atoms with van der Waals surface area (Å²) in [5.74, 6) is -8.55. The van der Waals surface area contributed by atoms with Crippen LogP contribution in [-0.4, -0.2) is 130 Å². The number of amides is 7. The summed E-state index contributed by atoms with van der Waals surface area (Å²) < 4.78 is 0. The van der Waals surface area contributed by atoms with Crippen LogP contribution in [0.25, 0.3) is 0 Å². The lowest BCUT2D eigenvalue weighted by Gasteiger charge is -2.29. The molecule has 0 unspecified atom stereocenters. The molecule has 0 saturated heterocycles. The first-order valence-electron chi connectivity index (χ1n) is 19.3. The molecule has 0 rings (SSSR count). The average molecular weight is 830 g/mol. The summed E-state index contributed by atoms with van der Waals surface area (Å²) in [4.78, 5) is 108. The van der Waals surface area contributed by atoms with Crippen LogP contribution in [0.1, 0.15) is 93.9 Å². The maximum absolute atomic E-state index is 13.9. The molecule has 0 aliphatic heterocycles. The second-order valence-electron chi connectivity index (χ2n) is 15.5. The van der Waals surface area contributed by atoms with Crippen LogP contribution in [0.2, 0.25) is 0 Å². The van der Waals surface area contributed by atoms with Gasteiger partial charge < -0.3 is 70.2 Å². The van der Waals surface area contributed by atoms with E-state index in [2.05, 4.69) is 36.9 Å². The number of nitrogens with two attached hydrogens (primary N) is 4. The van der Waals surface area contributed by atoms with Crippen molar-refractivity contribution < 1.29 is 53.7 Å². The largest absolute Gasteiger partial charge is 0.480 e. The van der Waals surface area contributed by atoms with Gasteiger partial charge in [-0.3, -0.25) is 38.6 Å². The van der Waals surface area contributed by atoms with Crippen LogP contribution in [0, 0.1) is 17.8 Å². The maximum Gasteiger partial charge on any atom is 0.326 e. The molecule has 0 aromatic carbocycles. The highest BCUT2D eigenvalue weighted by Gasteiger charge is 2.36. The number of aliphatic hydroxyl groups is 2. The molecule has 58 heavy (non-hydrogen) atoms. The lowest BCUT2D eigenvalue weighted by Crippen LogP contribution is -2.62. The number of rotatable bonds is 27. The molecule has 0 aromatic rings. The Balaban J connectivity index is 6.52. The van der Waals surface area contributed by atoms with E-state index in [1.54, 1.807) is 27.7 Å². The fourth-order valence-corrected chi connectivity index (χ4v) is 5.45. The zero-order valence-electron chi connectivity index (χ0n) is 34.7. The second kappa shape index (κ2) is 26.0. The number of hydrogen-bond acceptors (Lipinski definition) is 12. The number of guanidine groups is 1. The molecular weight excluding hydrogens is 762 g/mol. The number of carboxylic acid groups (broad SMARTS) is 1. The highest BCUT2D eigenvalue weighted by atomic mass is 16.4. The highest BCUT2D eigenvalue weighted by Crippen LogP contribution is 2.12. The van der Waals surface area contributed by atoms with E-state index in [1.807, 2.05) is 13.8 Å². The van der Waals surface area contributed by atoms with Crippen LogP contribution in [0.15, 0.2) is 4.99 Å². The number of carbonyl (C=O) groups excluding carboxylic acids is 7. The molecule has 7 amide bonds. The van der Waals surface area contributed by atoms with Crippen molar-refractivity contribution in [1.82, 2.24) is 31.9 Å². The van der Waals surface area contributed by atoms with Gasteiger partial charge in [-0.05, 0) is 63.7 Å². The van der Waals surface area contributed by atoms with Gasteiger partial charge in [0.05, 0.1) is 12.2 Å². The molecule has 0 aliphatic carbocycles. The monoisotopic (exact) mass is 830 g/mol. The number of nitrogens with zero attached hydrogens (tertiary/aromatic N) is 1. The molecular formula is C36H67N11O11. The highest BCUT2D eigenvalue weighted by molar-refractivity contribution is 5.97. The zero-order chi connectivity index (χ0) is 45.0. The Kier molecular flexibility index (Phi) is 23.7. The van der Waals surface area contributed by atoms with Crippen molar-refractivity contribution in [2.24, 2.45) is 45.7 Å². The summed E-state index contributed by atoms with van der Waals surface area (Å²) in [6.45, 7) is 12.8. The third-order valence-electron chi connectivity index (χ3n) is 8.69. The Hall–Kier alpha value is -5.09. The van der Waals surface area contributed by atoms with Gasteiger partial charge in [0.2, 0.25) is 41.4 Å². The minimum absolute atomic E-state index is 0.0317. The van der Waals surface area contributed by atoms with Crippen LogP contribution < -0.4 is 54.8 Å². The van der Waals surface area contributed by atoms with Gasteiger partial charge in [0.1, 0.15) is 42.3 Å². The fourth-order valence-electron chi connectivity index (χ4n) is 5.45. The molecule has 0 radical (unpaired) electrons. The predicted molar refractivity (Wildman–Crippen MR) is 213 cm³/mol. The van der Waals surface area contributed by atoms with Gasteiger partial charge in [-0.25, -0.2) is 4.79 Å². The van der Waals surface area contributed by atoms with E-state index >= 15 is 0 Å². The molecule has 22 nitrogen and oxygen atoms in total. The summed E-state index contributed by atoms with van der Waals surface area (Å²) in [5, 5.41) is 44.7. The number of carbonyl (C=O) groups is 8. The number of aliphatic carboxylic acids is 1. The van der Waals surface area contributed by atoms with E-state index in [-0.39, 0.29) is 62.9 Å². The minimum Gasteiger partial charge on any atom is -0.480 e. The van der Waals surface area contributed by atoms with E-state index in [9.17, 15) is 53.7 Å². The Morgan fingerprint density at radius 1 is 0.552 bits per heavy atom. The summed E-state index contributed by atoms with van der Waals surface area (Å²) in [6, 6.07) is -9.72. The summed E-state index contributed by atoms with van der Waals surface area (Å²) >= 11 is 0. The fraction of sp³-hybridized carbons (Fsp3) is 0.750. The number of carboxylic acids is 1. The first kappa shape index (κ1) is 52.9. The van der Waals surface area contributed by atoms with Crippen LogP contribution in [0.4, 0.5) is 0 Å². The Morgan fingerprint density at radius 2 is 0.966 bits per heavy atom. The van der Waals surface area contributed by atoms with Crippen molar-refractivity contribution in [3.63, 3.8) is 0 Å². The topological polar surface area (TPSA) is 386 Å². The molecule has 0 fully saturated rings. The standard InChI is InChI=1S/C36H67N11O11/c1-16(2)14-23(44-32(54)24(15-17(3)4)45-33(55)26(38)19(7)48)31(53)42-21(10-9-13-41-36(39)40)29(51)47-28(20(8)49)34(56)43-22(11-12-25(37)50)30(52)46-27(18(5)6)35(57)58/h16-24,26-28,48-49H,9-15,38H2,1-8H3,(H2,37,50)(H,42,53)(H,43,56)(H,44,54)(H,45,55)(H,46,52)(H,47,51)(H,57,58)(H4,39,40,41)/t19-,20-,21+,22+,23+,24+,26+,27+,28+/m1/s1. The zero-order valence-corrected chi connectivity index (χ0v) is 34.7. The first-order valence-corrected chi connectivity index (χ1v) is 19.3. The van der Waals surface area contributed by atoms with E-state index in [4.69, 9.17) is 22.9 Å². The molecule has 0 aliphatic rings. The van der Waals surface area contributed by atoms with E-state index < -0.39 is 108 Å². The van der Waals surface area contributed by atoms with Gasteiger partial charge >= 0.3 is 5.97 Å². The Labute approximate surface area is 339 Å². The SMILES string of the molecule is CC(C)C[C@H](NC(=O)[C@H](CC(C)C)NC(=O)[C@@H](N)[C@@H](C)O)C(=O)N[C@@H](CCCN=C(N)N)C(=O)N[C@H](C(=O)N[C@@H](CCC(N)=O)C(=O)N[C@H](C(=O)O)C(C)C)[C@@H](C)O. The number of hydrogen-bond donors (Lipinski definition) is 13. The van der Waals surface area contributed by atoms with Crippen molar-refractivity contribution in [2.45, 2.75) is 148 Å². The van der Waals surface area contributed by atoms with Gasteiger partial charge in [-0.2, -0.15) is 0 Å². The first-order chi connectivity index (χ1) is 26.8. The van der Waals surface area contributed by atoms with E-state index in [1.165, 1.54) is 13.8 Å². The quantitative estimate of drug-likeness (QED) is 0.0214. The Morgan fingerprint density at radius 3 is 1.36 bits per heavy atom. The van der Waals surface area contributed by atoms with Crippen molar-refractivity contribution in [3.8, 4) is 0 Å². The maximum atomic E-state index is 13.9. The number of primary amides is 1. The van der Waals surface area contributed by atoms with Crippen molar-refractivity contribution in [2.75, 3.05) is 6.54 Å². The number of aliphatic hydroxyl groups excluding tert-OH is 2. The summed E-state index contributed by atoms with van der Waals surface area (Å²) in [6.07, 6.45) is -3.27. The van der Waals surface area contributed by atoms with Gasteiger partial charge in [-0.15, -0.1) is 0 Å². The van der Waals surface area contributed by atoms with Crippen molar-refractivity contribution >= 4 is 53.3 Å². The van der Waals surface area contributed by atoms with Crippen molar-refractivity contribution in [1.29, 1.82) is 0 Å². The van der Waals surface area contributed by atoms with E-state index in [0.717, 1.165) is 0 Å². The minimum atomic E-state index is -1.74. The Bertz CT molecular complexity index is 1440. The van der Waals surface area contributed by atoms with Crippen molar-refractivity contribution in [3.05, 3.63) is 0 Å². The van der Waals surface area contributed by atoms with Gasteiger partial charge in [0, 0.05) is 13.0 Å². The molecule has 0 spiro atoms. The lowest BCUT2D eigenvalue weighted by molar-refractivity contribution is -0.143. The lowest BCUT2D eigenvalue weighted by atomic mass is 9.99. The van der Waals surface area contributed by atoms with Crippen LogP contribution in [-0.2, 0) is 38.4 Å².